The molecule has 3 unspecified atom stereocenters. The van der Waals surface area contributed by atoms with Crippen molar-refractivity contribution in [2.75, 3.05) is 26.7 Å². The van der Waals surface area contributed by atoms with Gasteiger partial charge in [0.1, 0.15) is 5.78 Å². The molecule has 2 aliphatic rings. The fourth-order valence-corrected chi connectivity index (χ4v) is 3.40. The highest BCUT2D eigenvalue weighted by Crippen LogP contribution is 2.32. The SMILES string of the molecule is COC1CCN(CC2CC(C(C)C)CCC2=O)C1. The smallest absolute Gasteiger partial charge is 0.137 e. The lowest BCUT2D eigenvalue weighted by molar-refractivity contribution is -0.126. The summed E-state index contributed by atoms with van der Waals surface area (Å²) in [7, 11) is 1.79. The second kappa shape index (κ2) is 6.16. The van der Waals surface area contributed by atoms with Gasteiger partial charge >= 0.3 is 0 Å². The molecule has 3 heteroatoms. The van der Waals surface area contributed by atoms with Crippen LogP contribution in [0, 0.1) is 17.8 Å². The largest absolute Gasteiger partial charge is 0.380 e. The second-order valence-electron chi connectivity index (χ2n) is 6.35. The van der Waals surface area contributed by atoms with E-state index in [4.69, 9.17) is 4.74 Å². The molecule has 18 heavy (non-hydrogen) atoms. The maximum Gasteiger partial charge on any atom is 0.137 e. The molecule has 1 aliphatic heterocycles. The molecule has 3 atom stereocenters. The first-order valence-electron chi connectivity index (χ1n) is 7.38. The monoisotopic (exact) mass is 253 g/mol. The summed E-state index contributed by atoms with van der Waals surface area (Å²) in [6, 6.07) is 0. The molecule has 104 valence electrons. The molecule has 0 bridgehead atoms. The van der Waals surface area contributed by atoms with E-state index < -0.39 is 0 Å². The quantitative estimate of drug-likeness (QED) is 0.770. The van der Waals surface area contributed by atoms with Crippen LogP contribution in [-0.4, -0.2) is 43.5 Å². The van der Waals surface area contributed by atoms with Gasteiger partial charge in [0.25, 0.3) is 0 Å². The number of hydrogen-bond donors (Lipinski definition) is 0. The molecular weight excluding hydrogens is 226 g/mol. The Morgan fingerprint density at radius 2 is 2.17 bits per heavy atom. The van der Waals surface area contributed by atoms with Crippen molar-refractivity contribution in [1.82, 2.24) is 4.90 Å². The third kappa shape index (κ3) is 3.33. The maximum absolute atomic E-state index is 12.0. The number of ketones is 1. The van der Waals surface area contributed by atoms with Crippen LogP contribution in [-0.2, 0) is 9.53 Å². The van der Waals surface area contributed by atoms with Crippen molar-refractivity contribution in [3.63, 3.8) is 0 Å². The van der Waals surface area contributed by atoms with Gasteiger partial charge in [0.2, 0.25) is 0 Å². The third-order valence-corrected chi connectivity index (χ3v) is 4.79. The van der Waals surface area contributed by atoms with E-state index in [9.17, 15) is 4.79 Å². The molecule has 1 aliphatic carbocycles. The standard InChI is InChI=1S/C15H27NO2/c1-11(2)12-4-5-15(17)13(8-12)9-16-7-6-14(10-16)18-3/h11-14H,4-10H2,1-3H3. The summed E-state index contributed by atoms with van der Waals surface area (Å²) in [5.74, 6) is 2.23. The first-order chi connectivity index (χ1) is 8.60. The lowest BCUT2D eigenvalue weighted by atomic mass is 9.75. The Balaban J connectivity index is 1.85. The summed E-state index contributed by atoms with van der Waals surface area (Å²) in [5, 5.41) is 0. The summed E-state index contributed by atoms with van der Waals surface area (Å²) in [6.07, 6.45) is 4.50. The molecule has 0 radical (unpaired) electrons. The number of nitrogens with zero attached hydrogens (tertiary/aromatic N) is 1. The minimum absolute atomic E-state index is 0.279. The van der Waals surface area contributed by atoms with Gasteiger partial charge in [-0.2, -0.15) is 0 Å². The third-order valence-electron chi connectivity index (χ3n) is 4.79. The molecule has 0 aromatic carbocycles. The van der Waals surface area contributed by atoms with Gasteiger partial charge in [-0.3, -0.25) is 9.69 Å². The van der Waals surface area contributed by atoms with Crippen LogP contribution in [0.1, 0.15) is 39.5 Å². The molecule has 2 fully saturated rings. The fourth-order valence-electron chi connectivity index (χ4n) is 3.40. The van der Waals surface area contributed by atoms with Gasteiger partial charge < -0.3 is 4.74 Å². The van der Waals surface area contributed by atoms with Gasteiger partial charge in [0, 0.05) is 39.1 Å². The number of Topliss-reactive ketones (excluding diaryl/α,β-unsaturated/α-hetero) is 1. The number of carbonyl (C=O) groups is 1. The Bertz CT molecular complexity index is 290. The van der Waals surface area contributed by atoms with Crippen molar-refractivity contribution in [2.24, 2.45) is 17.8 Å². The van der Waals surface area contributed by atoms with Crippen molar-refractivity contribution in [3.8, 4) is 0 Å². The molecule has 1 heterocycles. The molecule has 3 nitrogen and oxygen atoms in total. The summed E-state index contributed by atoms with van der Waals surface area (Å²) < 4.78 is 5.39. The lowest BCUT2D eigenvalue weighted by Gasteiger charge is -2.32. The van der Waals surface area contributed by atoms with Gasteiger partial charge in [-0.15, -0.1) is 0 Å². The van der Waals surface area contributed by atoms with Gasteiger partial charge in [-0.25, -0.2) is 0 Å². The lowest BCUT2D eigenvalue weighted by Crippen LogP contribution is -2.37. The minimum atomic E-state index is 0.279. The van der Waals surface area contributed by atoms with Crippen LogP contribution in [0.25, 0.3) is 0 Å². The van der Waals surface area contributed by atoms with E-state index in [0.717, 1.165) is 51.2 Å². The van der Waals surface area contributed by atoms with Crippen LogP contribution >= 0.6 is 0 Å². The van der Waals surface area contributed by atoms with Crippen LogP contribution in [0.2, 0.25) is 0 Å². The molecule has 0 aromatic rings. The predicted molar refractivity (Wildman–Crippen MR) is 72.5 cm³/mol. The van der Waals surface area contributed by atoms with Crippen LogP contribution in [0.4, 0.5) is 0 Å². The van der Waals surface area contributed by atoms with Crippen molar-refractivity contribution >= 4 is 5.78 Å². The van der Waals surface area contributed by atoms with Crippen molar-refractivity contribution in [1.29, 1.82) is 0 Å². The number of likely N-dealkylation sites (tertiary alicyclic amines) is 1. The molecule has 1 saturated carbocycles. The topological polar surface area (TPSA) is 29.5 Å². The average molecular weight is 253 g/mol. The summed E-state index contributed by atoms with van der Waals surface area (Å²) in [5.41, 5.74) is 0. The Hall–Kier alpha value is -0.410. The van der Waals surface area contributed by atoms with E-state index in [1.54, 1.807) is 7.11 Å². The highest BCUT2D eigenvalue weighted by molar-refractivity contribution is 5.82. The number of rotatable bonds is 4. The van der Waals surface area contributed by atoms with E-state index in [0.29, 0.717) is 17.8 Å². The van der Waals surface area contributed by atoms with Crippen LogP contribution in [0.5, 0.6) is 0 Å². The van der Waals surface area contributed by atoms with E-state index in [1.807, 2.05) is 0 Å². The van der Waals surface area contributed by atoms with E-state index in [-0.39, 0.29) is 5.92 Å². The van der Waals surface area contributed by atoms with Gasteiger partial charge in [0.15, 0.2) is 0 Å². The molecule has 0 spiro atoms. The van der Waals surface area contributed by atoms with Crippen molar-refractivity contribution < 1.29 is 9.53 Å². The zero-order valence-electron chi connectivity index (χ0n) is 12.0. The number of carbonyl (C=O) groups excluding carboxylic acids is 1. The van der Waals surface area contributed by atoms with Crippen molar-refractivity contribution in [3.05, 3.63) is 0 Å². The first kappa shape index (κ1) is 14.0. The maximum atomic E-state index is 12.0. The Morgan fingerprint density at radius 3 is 2.78 bits per heavy atom. The molecule has 2 rings (SSSR count). The predicted octanol–water partition coefficient (Wildman–Crippen LogP) is 2.35. The Labute approximate surface area is 111 Å². The molecular formula is C15H27NO2. The minimum Gasteiger partial charge on any atom is -0.380 e. The van der Waals surface area contributed by atoms with Gasteiger partial charge in [-0.1, -0.05) is 13.8 Å². The summed E-state index contributed by atoms with van der Waals surface area (Å²) in [4.78, 5) is 14.5. The van der Waals surface area contributed by atoms with Crippen LogP contribution in [0.15, 0.2) is 0 Å². The Morgan fingerprint density at radius 1 is 1.39 bits per heavy atom. The van der Waals surface area contributed by atoms with Crippen molar-refractivity contribution in [2.45, 2.75) is 45.6 Å². The highest BCUT2D eigenvalue weighted by Gasteiger charge is 2.33. The molecule has 0 N–H and O–H groups in total. The van der Waals surface area contributed by atoms with E-state index >= 15 is 0 Å². The molecule has 0 aromatic heterocycles. The van der Waals surface area contributed by atoms with Gasteiger partial charge in [0.05, 0.1) is 6.10 Å². The van der Waals surface area contributed by atoms with Gasteiger partial charge in [-0.05, 0) is 31.1 Å². The van der Waals surface area contributed by atoms with E-state index in [2.05, 4.69) is 18.7 Å². The number of hydrogen-bond acceptors (Lipinski definition) is 3. The zero-order chi connectivity index (χ0) is 13.1. The molecule has 0 amide bonds. The molecule has 1 saturated heterocycles. The normalized spacial score (nSPS) is 34.4. The fraction of sp³-hybridized carbons (Fsp3) is 0.933. The average Bonchev–Trinajstić information content (AvgIpc) is 2.79. The summed E-state index contributed by atoms with van der Waals surface area (Å²) in [6.45, 7) is 7.63. The van der Waals surface area contributed by atoms with E-state index in [1.165, 1.54) is 0 Å². The Kier molecular flexibility index (Phi) is 4.79. The summed E-state index contributed by atoms with van der Waals surface area (Å²) >= 11 is 0. The number of ether oxygens (including phenoxy) is 1. The highest BCUT2D eigenvalue weighted by atomic mass is 16.5. The van der Waals surface area contributed by atoms with Crippen LogP contribution < -0.4 is 0 Å². The number of methoxy groups -OCH3 is 1. The second-order valence-corrected chi connectivity index (χ2v) is 6.35. The first-order valence-corrected chi connectivity index (χ1v) is 7.38. The van der Waals surface area contributed by atoms with Crippen LogP contribution in [0.3, 0.4) is 0 Å². The zero-order valence-corrected chi connectivity index (χ0v) is 12.0.